The van der Waals surface area contributed by atoms with Crippen LogP contribution in [0.3, 0.4) is 0 Å². The first-order chi connectivity index (χ1) is 11.3. The van der Waals surface area contributed by atoms with Crippen molar-refractivity contribution in [1.82, 2.24) is 15.6 Å². The molecule has 0 atom stereocenters. The number of carbonyl (C=O) groups is 1. The zero-order valence-electron chi connectivity index (χ0n) is 13.5. The van der Waals surface area contributed by atoms with E-state index in [4.69, 9.17) is 9.72 Å². The maximum absolute atomic E-state index is 12.7. The summed E-state index contributed by atoms with van der Waals surface area (Å²) in [6.07, 6.45) is 3.00. The van der Waals surface area contributed by atoms with Crippen molar-refractivity contribution in [1.29, 1.82) is 0 Å². The Morgan fingerprint density at radius 1 is 1.22 bits per heavy atom. The van der Waals surface area contributed by atoms with E-state index in [9.17, 15) is 4.79 Å². The largest absolute Gasteiger partial charge is 0.383 e. The van der Waals surface area contributed by atoms with Crippen LogP contribution in [-0.4, -0.2) is 44.2 Å². The summed E-state index contributed by atoms with van der Waals surface area (Å²) in [4.78, 5) is 17.4. The maximum Gasteiger partial charge on any atom is 0.252 e. The van der Waals surface area contributed by atoms with Gasteiger partial charge in [0.25, 0.3) is 5.91 Å². The number of nitrogens with one attached hydrogen (secondary N) is 2. The van der Waals surface area contributed by atoms with Crippen molar-refractivity contribution >= 4 is 16.8 Å². The number of pyridine rings is 1. The Morgan fingerprint density at radius 3 is 2.96 bits per heavy atom. The first-order valence-corrected chi connectivity index (χ1v) is 8.19. The highest BCUT2D eigenvalue weighted by atomic mass is 16.5. The molecule has 0 saturated carbocycles. The molecule has 122 valence electrons. The molecule has 1 aromatic carbocycles. The number of hydrogen-bond donors (Lipinski definition) is 2. The first kappa shape index (κ1) is 15.9. The highest BCUT2D eigenvalue weighted by molar-refractivity contribution is 6.07. The van der Waals surface area contributed by atoms with Gasteiger partial charge in [-0.1, -0.05) is 18.2 Å². The predicted molar refractivity (Wildman–Crippen MR) is 90.8 cm³/mol. The van der Waals surface area contributed by atoms with Crippen molar-refractivity contribution in [3.63, 3.8) is 0 Å². The molecule has 0 unspecified atom stereocenters. The number of ether oxygens (including phenoxy) is 1. The van der Waals surface area contributed by atoms with Crippen molar-refractivity contribution in [2.45, 2.75) is 19.3 Å². The van der Waals surface area contributed by atoms with Crippen LogP contribution >= 0.6 is 0 Å². The fourth-order valence-electron chi connectivity index (χ4n) is 3.12. The molecule has 1 heterocycles. The van der Waals surface area contributed by atoms with Crippen LogP contribution in [0, 0.1) is 0 Å². The van der Waals surface area contributed by atoms with Gasteiger partial charge in [0.1, 0.15) is 0 Å². The second-order valence-electron chi connectivity index (χ2n) is 5.78. The lowest BCUT2D eigenvalue weighted by Gasteiger charge is -2.13. The average molecular weight is 313 g/mol. The fourth-order valence-corrected chi connectivity index (χ4v) is 3.12. The average Bonchev–Trinajstić information content (AvgIpc) is 3.03. The molecule has 0 spiro atoms. The Hall–Kier alpha value is -1.98. The summed E-state index contributed by atoms with van der Waals surface area (Å²) < 4.78 is 4.98. The molecule has 2 aromatic rings. The number of aryl methyl sites for hydroxylation is 1. The zero-order chi connectivity index (χ0) is 16.1. The van der Waals surface area contributed by atoms with Gasteiger partial charge in [-0.15, -0.1) is 0 Å². The van der Waals surface area contributed by atoms with Crippen molar-refractivity contribution < 1.29 is 9.53 Å². The fraction of sp³-hybridized carbons (Fsp3) is 0.444. The van der Waals surface area contributed by atoms with Crippen LogP contribution in [0.2, 0.25) is 0 Å². The van der Waals surface area contributed by atoms with Gasteiger partial charge in [0.05, 0.1) is 17.7 Å². The topological polar surface area (TPSA) is 63.2 Å². The predicted octanol–water partition coefficient (Wildman–Crippen LogP) is 1.69. The SMILES string of the molecule is COCCNCCNC(=O)c1c2c(nc3ccccc13)CCC2. The number of para-hydroxylation sites is 1. The maximum atomic E-state index is 12.7. The molecule has 5 heteroatoms. The Labute approximate surface area is 136 Å². The minimum atomic E-state index is 0.00953. The number of carbonyl (C=O) groups excluding carboxylic acids is 1. The van der Waals surface area contributed by atoms with E-state index in [1.54, 1.807) is 7.11 Å². The van der Waals surface area contributed by atoms with Crippen LogP contribution in [0.5, 0.6) is 0 Å². The van der Waals surface area contributed by atoms with Crippen molar-refractivity contribution in [2.24, 2.45) is 0 Å². The molecule has 1 aliphatic carbocycles. The molecule has 23 heavy (non-hydrogen) atoms. The van der Waals surface area contributed by atoms with E-state index in [1.165, 1.54) is 0 Å². The molecular weight excluding hydrogens is 290 g/mol. The zero-order valence-corrected chi connectivity index (χ0v) is 13.5. The number of benzene rings is 1. The molecule has 0 fully saturated rings. The van der Waals surface area contributed by atoms with Crippen molar-refractivity contribution in [3.8, 4) is 0 Å². The Balaban J connectivity index is 1.75. The van der Waals surface area contributed by atoms with Crippen LogP contribution in [0.15, 0.2) is 24.3 Å². The summed E-state index contributed by atoms with van der Waals surface area (Å²) in [5.74, 6) is 0.00953. The van der Waals surface area contributed by atoms with E-state index >= 15 is 0 Å². The van der Waals surface area contributed by atoms with E-state index in [-0.39, 0.29) is 5.91 Å². The molecule has 0 radical (unpaired) electrons. The standard InChI is InChI=1S/C18H23N3O2/c1-23-12-11-19-9-10-20-18(22)17-13-5-2-3-7-15(13)21-16-8-4-6-14(16)17/h2-3,5,7,19H,4,6,8-12H2,1H3,(H,20,22). The summed E-state index contributed by atoms with van der Waals surface area (Å²) >= 11 is 0. The lowest BCUT2D eigenvalue weighted by atomic mass is 10.0. The minimum absolute atomic E-state index is 0.00953. The van der Waals surface area contributed by atoms with E-state index in [0.29, 0.717) is 13.2 Å². The first-order valence-electron chi connectivity index (χ1n) is 8.19. The number of aromatic nitrogens is 1. The van der Waals surface area contributed by atoms with Crippen LogP contribution < -0.4 is 10.6 Å². The second-order valence-corrected chi connectivity index (χ2v) is 5.78. The summed E-state index contributed by atoms with van der Waals surface area (Å²) in [6, 6.07) is 7.91. The van der Waals surface area contributed by atoms with Gasteiger partial charge in [0.15, 0.2) is 0 Å². The number of hydrogen-bond acceptors (Lipinski definition) is 4. The van der Waals surface area contributed by atoms with E-state index in [2.05, 4.69) is 10.6 Å². The number of amides is 1. The van der Waals surface area contributed by atoms with Crippen LogP contribution in [-0.2, 0) is 17.6 Å². The van der Waals surface area contributed by atoms with Crippen molar-refractivity contribution in [2.75, 3.05) is 33.4 Å². The summed E-state index contributed by atoms with van der Waals surface area (Å²) in [7, 11) is 1.68. The lowest BCUT2D eigenvalue weighted by molar-refractivity contribution is 0.0954. The molecular formula is C18H23N3O2. The smallest absolute Gasteiger partial charge is 0.252 e. The van der Waals surface area contributed by atoms with Gasteiger partial charge in [-0.3, -0.25) is 9.78 Å². The minimum Gasteiger partial charge on any atom is -0.383 e. The Morgan fingerprint density at radius 2 is 2.09 bits per heavy atom. The third kappa shape index (κ3) is 3.51. The van der Waals surface area contributed by atoms with Gasteiger partial charge in [0.2, 0.25) is 0 Å². The van der Waals surface area contributed by atoms with Crippen LogP contribution in [0.25, 0.3) is 10.9 Å². The number of fused-ring (bicyclic) bond motifs is 2. The Kier molecular flexibility index (Phi) is 5.20. The van der Waals surface area contributed by atoms with Crippen LogP contribution in [0.4, 0.5) is 0 Å². The number of rotatable bonds is 7. The number of methoxy groups -OCH3 is 1. The molecule has 1 aliphatic rings. The summed E-state index contributed by atoms with van der Waals surface area (Å²) in [6.45, 7) is 2.81. The van der Waals surface area contributed by atoms with Crippen LogP contribution in [0.1, 0.15) is 28.0 Å². The Bertz CT molecular complexity index is 700. The van der Waals surface area contributed by atoms with E-state index in [1.807, 2.05) is 24.3 Å². The summed E-state index contributed by atoms with van der Waals surface area (Å²) in [5.41, 5.74) is 3.96. The quantitative estimate of drug-likeness (QED) is 0.764. The summed E-state index contributed by atoms with van der Waals surface area (Å²) in [5, 5.41) is 7.21. The normalized spacial score (nSPS) is 13.3. The van der Waals surface area contributed by atoms with Gasteiger partial charge in [-0.25, -0.2) is 0 Å². The van der Waals surface area contributed by atoms with Gasteiger partial charge in [-0.2, -0.15) is 0 Å². The van der Waals surface area contributed by atoms with Gasteiger partial charge >= 0.3 is 0 Å². The van der Waals surface area contributed by atoms with Gasteiger partial charge in [-0.05, 0) is 30.9 Å². The highest BCUT2D eigenvalue weighted by Crippen LogP contribution is 2.29. The molecule has 5 nitrogen and oxygen atoms in total. The molecule has 0 bridgehead atoms. The molecule has 0 aliphatic heterocycles. The molecule has 1 amide bonds. The third-order valence-corrected chi connectivity index (χ3v) is 4.22. The van der Waals surface area contributed by atoms with Crippen molar-refractivity contribution in [3.05, 3.63) is 41.1 Å². The third-order valence-electron chi connectivity index (χ3n) is 4.22. The van der Waals surface area contributed by atoms with Gasteiger partial charge < -0.3 is 15.4 Å². The lowest BCUT2D eigenvalue weighted by Crippen LogP contribution is -2.33. The molecule has 2 N–H and O–H groups in total. The second kappa shape index (κ2) is 7.53. The molecule has 0 saturated heterocycles. The van der Waals surface area contributed by atoms with E-state index in [0.717, 1.165) is 60.1 Å². The van der Waals surface area contributed by atoms with Gasteiger partial charge in [0, 0.05) is 37.8 Å². The molecule has 1 aromatic heterocycles. The monoisotopic (exact) mass is 313 g/mol. The molecule has 3 rings (SSSR count). The highest BCUT2D eigenvalue weighted by Gasteiger charge is 2.23. The van der Waals surface area contributed by atoms with E-state index < -0.39 is 0 Å². The number of nitrogens with zero attached hydrogens (tertiary/aromatic N) is 1.